The van der Waals surface area contributed by atoms with Gasteiger partial charge in [0.2, 0.25) is 0 Å². The molecule has 0 spiro atoms. The Morgan fingerprint density at radius 2 is 1.14 bits per heavy atom. The topological polar surface area (TPSA) is 26.0 Å². The van der Waals surface area contributed by atoms with Crippen LogP contribution < -0.4 is 0 Å². The summed E-state index contributed by atoms with van der Waals surface area (Å²) < 4.78 is 5.24. The lowest BCUT2D eigenvalue weighted by atomic mass is 10.0. The standard InChI is InChI=1S/C20H37NO/c1-2-3-4-5-6-7-8-9-10-11-12-13-14-15-16-17-20-21-18-19-22-20/h18-19H,2-17H2,1H3. The lowest BCUT2D eigenvalue weighted by Crippen LogP contribution is -1.86. The van der Waals surface area contributed by atoms with Crippen LogP contribution in [-0.4, -0.2) is 4.98 Å². The zero-order chi connectivity index (χ0) is 15.7. The van der Waals surface area contributed by atoms with Gasteiger partial charge in [0, 0.05) is 6.42 Å². The smallest absolute Gasteiger partial charge is 0.193 e. The van der Waals surface area contributed by atoms with Crippen LogP contribution in [0.4, 0.5) is 0 Å². The SMILES string of the molecule is CCCCCCCCCCCCCCCCCc1ncco1. The van der Waals surface area contributed by atoms with E-state index in [1.807, 2.05) is 0 Å². The van der Waals surface area contributed by atoms with Gasteiger partial charge >= 0.3 is 0 Å². The summed E-state index contributed by atoms with van der Waals surface area (Å²) in [6.07, 6.45) is 25.6. The summed E-state index contributed by atoms with van der Waals surface area (Å²) >= 11 is 0. The van der Waals surface area contributed by atoms with Gasteiger partial charge in [0.1, 0.15) is 6.26 Å². The number of hydrogen-bond acceptors (Lipinski definition) is 2. The molecular formula is C20H37NO. The van der Waals surface area contributed by atoms with Crippen molar-refractivity contribution in [1.29, 1.82) is 0 Å². The molecule has 0 fully saturated rings. The van der Waals surface area contributed by atoms with Crippen LogP contribution in [0.3, 0.4) is 0 Å². The van der Waals surface area contributed by atoms with E-state index < -0.39 is 0 Å². The van der Waals surface area contributed by atoms with Crippen LogP contribution in [0.1, 0.15) is 109 Å². The number of nitrogens with zero attached hydrogens (tertiary/aromatic N) is 1. The zero-order valence-electron chi connectivity index (χ0n) is 14.8. The van der Waals surface area contributed by atoms with Gasteiger partial charge in [-0.05, 0) is 6.42 Å². The molecule has 0 amide bonds. The van der Waals surface area contributed by atoms with Crippen molar-refractivity contribution in [3.05, 3.63) is 18.4 Å². The lowest BCUT2D eigenvalue weighted by Gasteiger charge is -2.03. The van der Waals surface area contributed by atoms with Crippen molar-refractivity contribution in [2.24, 2.45) is 0 Å². The second-order valence-corrected chi connectivity index (χ2v) is 6.63. The van der Waals surface area contributed by atoms with E-state index in [-0.39, 0.29) is 0 Å². The molecule has 0 aromatic carbocycles. The van der Waals surface area contributed by atoms with Gasteiger partial charge in [0.25, 0.3) is 0 Å². The molecule has 1 rings (SSSR count). The molecule has 2 nitrogen and oxygen atoms in total. The predicted molar refractivity (Wildman–Crippen MR) is 95.1 cm³/mol. The predicted octanol–water partition coefficient (Wildman–Crippen LogP) is 7.09. The molecule has 1 heterocycles. The first-order valence-electron chi connectivity index (χ1n) is 9.82. The van der Waals surface area contributed by atoms with E-state index in [4.69, 9.17) is 4.42 Å². The monoisotopic (exact) mass is 307 g/mol. The molecule has 1 aromatic heterocycles. The number of aryl methyl sites for hydroxylation is 1. The highest BCUT2D eigenvalue weighted by molar-refractivity contribution is 4.79. The van der Waals surface area contributed by atoms with Crippen LogP contribution in [0.25, 0.3) is 0 Å². The van der Waals surface area contributed by atoms with E-state index in [1.165, 1.54) is 96.3 Å². The van der Waals surface area contributed by atoms with Crippen molar-refractivity contribution in [2.45, 2.75) is 110 Å². The number of rotatable bonds is 16. The summed E-state index contributed by atoms with van der Waals surface area (Å²) in [5, 5.41) is 0. The van der Waals surface area contributed by atoms with Crippen molar-refractivity contribution in [3.63, 3.8) is 0 Å². The second-order valence-electron chi connectivity index (χ2n) is 6.63. The molecule has 0 saturated heterocycles. The minimum absolute atomic E-state index is 0.898. The van der Waals surface area contributed by atoms with E-state index in [9.17, 15) is 0 Å². The Labute approximate surface area is 138 Å². The fourth-order valence-corrected chi connectivity index (χ4v) is 3.02. The first kappa shape index (κ1) is 19.3. The third-order valence-corrected chi connectivity index (χ3v) is 4.48. The van der Waals surface area contributed by atoms with Gasteiger partial charge in [0.05, 0.1) is 6.20 Å². The maximum Gasteiger partial charge on any atom is 0.193 e. The minimum Gasteiger partial charge on any atom is -0.449 e. The first-order valence-corrected chi connectivity index (χ1v) is 9.82. The molecule has 0 N–H and O–H groups in total. The summed E-state index contributed by atoms with van der Waals surface area (Å²) in [6.45, 7) is 2.29. The van der Waals surface area contributed by atoms with Crippen LogP contribution >= 0.6 is 0 Å². The Hall–Kier alpha value is -0.790. The molecule has 0 radical (unpaired) electrons. The summed E-state index contributed by atoms with van der Waals surface area (Å²) in [7, 11) is 0. The fraction of sp³-hybridized carbons (Fsp3) is 0.850. The van der Waals surface area contributed by atoms with Crippen molar-refractivity contribution in [1.82, 2.24) is 4.98 Å². The van der Waals surface area contributed by atoms with Crippen molar-refractivity contribution < 1.29 is 4.42 Å². The Balaban J connectivity index is 1.68. The Morgan fingerprint density at radius 1 is 0.682 bits per heavy atom. The minimum atomic E-state index is 0.898. The Morgan fingerprint density at radius 3 is 1.55 bits per heavy atom. The lowest BCUT2D eigenvalue weighted by molar-refractivity contribution is 0.476. The number of unbranched alkanes of at least 4 members (excludes halogenated alkanes) is 14. The van der Waals surface area contributed by atoms with Crippen molar-refractivity contribution >= 4 is 0 Å². The highest BCUT2D eigenvalue weighted by Gasteiger charge is 1.97. The van der Waals surface area contributed by atoms with Gasteiger partial charge in [-0.15, -0.1) is 0 Å². The molecule has 22 heavy (non-hydrogen) atoms. The average Bonchev–Trinajstić information content (AvgIpc) is 3.04. The number of aromatic nitrogens is 1. The molecule has 0 saturated carbocycles. The van der Waals surface area contributed by atoms with Gasteiger partial charge in [0.15, 0.2) is 5.89 Å². The van der Waals surface area contributed by atoms with E-state index in [0.717, 1.165) is 12.3 Å². The Bertz CT molecular complexity index is 308. The largest absolute Gasteiger partial charge is 0.449 e. The van der Waals surface area contributed by atoms with E-state index >= 15 is 0 Å². The summed E-state index contributed by atoms with van der Waals surface area (Å²) in [4.78, 5) is 4.15. The molecule has 0 aliphatic heterocycles. The van der Waals surface area contributed by atoms with Crippen LogP contribution in [-0.2, 0) is 6.42 Å². The van der Waals surface area contributed by atoms with Gasteiger partial charge in [-0.25, -0.2) is 4.98 Å². The molecule has 0 aliphatic carbocycles. The molecule has 2 heteroatoms. The van der Waals surface area contributed by atoms with E-state index in [0.29, 0.717) is 0 Å². The van der Waals surface area contributed by atoms with Gasteiger partial charge < -0.3 is 4.42 Å². The van der Waals surface area contributed by atoms with Gasteiger partial charge in [-0.1, -0.05) is 96.8 Å². The van der Waals surface area contributed by atoms with Crippen molar-refractivity contribution in [2.75, 3.05) is 0 Å². The molecule has 0 unspecified atom stereocenters. The number of hydrogen-bond donors (Lipinski definition) is 0. The van der Waals surface area contributed by atoms with E-state index in [2.05, 4.69) is 11.9 Å². The maximum atomic E-state index is 5.24. The van der Waals surface area contributed by atoms with Crippen LogP contribution in [0.5, 0.6) is 0 Å². The second kappa shape index (κ2) is 15.1. The highest BCUT2D eigenvalue weighted by atomic mass is 16.3. The summed E-state index contributed by atoms with van der Waals surface area (Å²) in [6, 6.07) is 0. The first-order chi connectivity index (χ1) is 10.9. The molecule has 128 valence electrons. The molecule has 1 aromatic rings. The highest BCUT2D eigenvalue weighted by Crippen LogP contribution is 2.13. The van der Waals surface area contributed by atoms with Crippen molar-refractivity contribution in [3.8, 4) is 0 Å². The summed E-state index contributed by atoms with van der Waals surface area (Å²) in [5.74, 6) is 0.898. The van der Waals surface area contributed by atoms with Crippen LogP contribution in [0.15, 0.2) is 16.9 Å². The molecule has 0 bridgehead atoms. The van der Waals surface area contributed by atoms with Crippen LogP contribution in [0, 0.1) is 0 Å². The molecular weight excluding hydrogens is 270 g/mol. The third-order valence-electron chi connectivity index (χ3n) is 4.48. The zero-order valence-corrected chi connectivity index (χ0v) is 14.8. The van der Waals surface area contributed by atoms with E-state index in [1.54, 1.807) is 12.5 Å². The molecule has 0 atom stereocenters. The quantitative estimate of drug-likeness (QED) is 0.305. The Kier molecular flexibility index (Phi) is 13.2. The van der Waals surface area contributed by atoms with Gasteiger partial charge in [-0.3, -0.25) is 0 Å². The summed E-state index contributed by atoms with van der Waals surface area (Å²) in [5.41, 5.74) is 0. The molecule has 0 aliphatic rings. The fourth-order valence-electron chi connectivity index (χ4n) is 3.02. The number of oxazole rings is 1. The third kappa shape index (κ3) is 11.8. The normalized spacial score (nSPS) is 11.1. The van der Waals surface area contributed by atoms with Crippen LogP contribution in [0.2, 0.25) is 0 Å². The average molecular weight is 308 g/mol. The van der Waals surface area contributed by atoms with Gasteiger partial charge in [-0.2, -0.15) is 0 Å². The maximum absolute atomic E-state index is 5.24.